The van der Waals surface area contributed by atoms with E-state index in [1.165, 1.54) is 0 Å². The Kier molecular flexibility index (Phi) is 3.46. The fourth-order valence-electron chi connectivity index (χ4n) is 1.89. The lowest BCUT2D eigenvalue weighted by molar-refractivity contribution is 0.101. The molecular formula is C14H14N6O. The Morgan fingerprint density at radius 3 is 3.00 bits per heavy atom. The Balaban J connectivity index is 1.78. The molecule has 21 heavy (non-hydrogen) atoms. The number of carbonyl (C=O) groups excluding carboxylic acids is 1. The predicted molar refractivity (Wildman–Crippen MR) is 77.3 cm³/mol. The number of hydrogen-bond donors (Lipinski definition) is 2. The average Bonchev–Trinajstić information content (AvgIpc) is 3.19. The Bertz CT molecular complexity index is 746. The number of hydrogen-bond acceptors (Lipinski definition) is 4. The van der Waals surface area contributed by atoms with Crippen LogP contribution in [0.15, 0.2) is 42.7 Å². The van der Waals surface area contributed by atoms with Gasteiger partial charge in [-0.2, -0.15) is 5.10 Å². The molecular weight excluding hydrogens is 268 g/mol. The number of nitrogens with one attached hydrogen (secondary N) is 2. The van der Waals surface area contributed by atoms with Gasteiger partial charge in [-0.25, -0.2) is 9.67 Å². The maximum absolute atomic E-state index is 12.1. The summed E-state index contributed by atoms with van der Waals surface area (Å²) in [6.45, 7) is 1.94. The van der Waals surface area contributed by atoms with Crippen LogP contribution in [0.3, 0.4) is 0 Å². The maximum atomic E-state index is 12.1. The molecule has 2 aromatic heterocycles. The lowest BCUT2D eigenvalue weighted by atomic mass is 10.2. The SMILES string of the molecule is CCc1nc(C(=O)Nc2cccc(-n3cccn3)c2)n[nH]1. The smallest absolute Gasteiger partial charge is 0.295 e. The summed E-state index contributed by atoms with van der Waals surface area (Å²) in [5, 5.41) is 13.5. The fraction of sp³-hybridized carbons (Fsp3) is 0.143. The molecule has 0 atom stereocenters. The van der Waals surface area contributed by atoms with Crippen LogP contribution in [0, 0.1) is 0 Å². The number of aromatic nitrogens is 5. The van der Waals surface area contributed by atoms with Crippen LogP contribution in [0.25, 0.3) is 5.69 Å². The zero-order chi connectivity index (χ0) is 14.7. The second-order valence-corrected chi connectivity index (χ2v) is 4.41. The molecule has 0 saturated carbocycles. The minimum Gasteiger partial charge on any atom is -0.319 e. The van der Waals surface area contributed by atoms with Crippen molar-refractivity contribution in [2.24, 2.45) is 0 Å². The summed E-state index contributed by atoms with van der Waals surface area (Å²) in [6.07, 6.45) is 4.24. The van der Waals surface area contributed by atoms with Crippen molar-refractivity contribution in [2.75, 3.05) is 5.32 Å². The first-order chi connectivity index (χ1) is 10.3. The van der Waals surface area contributed by atoms with Gasteiger partial charge in [-0.3, -0.25) is 9.89 Å². The number of H-pyrrole nitrogens is 1. The summed E-state index contributed by atoms with van der Waals surface area (Å²) < 4.78 is 1.72. The van der Waals surface area contributed by atoms with Crippen molar-refractivity contribution in [1.82, 2.24) is 25.0 Å². The number of rotatable bonds is 4. The number of aryl methyl sites for hydroxylation is 1. The van der Waals surface area contributed by atoms with E-state index in [1.807, 2.05) is 37.4 Å². The van der Waals surface area contributed by atoms with E-state index in [9.17, 15) is 4.79 Å². The molecule has 0 spiro atoms. The zero-order valence-electron chi connectivity index (χ0n) is 11.4. The first-order valence-electron chi connectivity index (χ1n) is 6.59. The second-order valence-electron chi connectivity index (χ2n) is 4.41. The Morgan fingerprint density at radius 1 is 1.38 bits per heavy atom. The highest BCUT2D eigenvalue weighted by molar-refractivity contribution is 6.01. The second kappa shape index (κ2) is 5.58. The summed E-state index contributed by atoms with van der Waals surface area (Å²) in [6, 6.07) is 9.23. The van der Waals surface area contributed by atoms with Crippen molar-refractivity contribution in [3.63, 3.8) is 0 Å². The van der Waals surface area contributed by atoms with E-state index >= 15 is 0 Å². The van der Waals surface area contributed by atoms with Crippen LogP contribution >= 0.6 is 0 Å². The molecule has 2 heterocycles. The van der Waals surface area contributed by atoms with Gasteiger partial charge < -0.3 is 5.32 Å². The van der Waals surface area contributed by atoms with Crippen molar-refractivity contribution >= 4 is 11.6 Å². The van der Waals surface area contributed by atoms with E-state index < -0.39 is 0 Å². The first-order valence-corrected chi connectivity index (χ1v) is 6.59. The fourth-order valence-corrected chi connectivity index (χ4v) is 1.89. The van der Waals surface area contributed by atoms with Crippen molar-refractivity contribution in [3.05, 3.63) is 54.4 Å². The molecule has 0 radical (unpaired) electrons. The van der Waals surface area contributed by atoms with Gasteiger partial charge in [0.2, 0.25) is 5.82 Å². The molecule has 1 amide bonds. The van der Waals surface area contributed by atoms with Crippen molar-refractivity contribution in [2.45, 2.75) is 13.3 Å². The number of carbonyl (C=O) groups is 1. The maximum Gasteiger partial charge on any atom is 0.295 e. The van der Waals surface area contributed by atoms with E-state index in [-0.39, 0.29) is 11.7 Å². The van der Waals surface area contributed by atoms with Gasteiger partial charge in [0.05, 0.1) is 5.69 Å². The van der Waals surface area contributed by atoms with E-state index in [1.54, 1.807) is 16.9 Å². The highest BCUT2D eigenvalue weighted by Crippen LogP contribution is 2.14. The zero-order valence-corrected chi connectivity index (χ0v) is 11.4. The molecule has 0 aliphatic heterocycles. The topological polar surface area (TPSA) is 88.5 Å². The van der Waals surface area contributed by atoms with Crippen molar-refractivity contribution in [3.8, 4) is 5.69 Å². The number of benzene rings is 1. The molecule has 7 nitrogen and oxygen atoms in total. The summed E-state index contributed by atoms with van der Waals surface area (Å²) in [7, 11) is 0. The predicted octanol–water partition coefficient (Wildman–Crippen LogP) is 1.81. The lowest BCUT2D eigenvalue weighted by Crippen LogP contribution is -2.14. The first kappa shape index (κ1) is 13.0. The van der Waals surface area contributed by atoms with Crippen LogP contribution in [-0.2, 0) is 6.42 Å². The molecule has 0 unspecified atom stereocenters. The van der Waals surface area contributed by atoms with Gasteiger partial charge in [-0.1, -0.05) is 13.0 Å². The molecule has 0 aliphatic rings. The monoisotopic (exact) mass is 282 g/mol. The summed E-state index contributed by atoms with van der Waals surface area (Å²) >= 11 is 0. The lowest BCUT2D eigenvalue weighted by Gasteiger charge is -2.06. The molecule has 0 saturated heterocycles. The largest absolute Gasteiger partial charge is 0.319 e. The average molecular weight is 282 g/mol. The van der Waals surface area contributed by atoms with Gasteiger partial charge in [0.15, 0.2) is 0 Å². The van der Waals surface area contributed by atoms with Gasteiger partial charge in [0.25, 0.3) is 5.91 Å². The Morgan fingerprint density at radius 2 is 2.29 bits per heavy atom. The molecule has 3 rings (SSSR count). The normalized spacial score (nSPS) is 10.5. The van der Waals surface area contributed by atoms with Crippen molar-refractivity contribution in [1.29, 1.82) is 0 Å². The molecule has 0 aliphatic carbocycles. The van der Waals surface area contributed by atoms with Gasteiger partial charge >= 0.3 is 0 Å². The number of amides is 1. The molecule has 7 heteroatoms. The van der Waals surface area contributed by atoms with Crippen molar-refractivity contribution < 1.29 is 4.79 Å². The van der Waals surface area contributed by atoms with Crippen LogP contribution in [0.1, 0.15) is 23.4 Å². The Hall–Kier alpha value is -2.96. The van der Waals surface area contributed by atoms with Crippen LogP contribution in [0.4, 0.5) is 5.69 Å². The van der Waals surface area contributed by atoms with E-state index in [0.717, 1.165) is 5.69 Å². The third-order valence-corrected chi connectivity index (χ3v) is 2.94. The van der Waals surface area contributed by atoms with Crippen LogP contribution in [0.5, 0.6) is 0 Å². The third-order valence-electron chi connectivity index (χ3n) is 2.94. The van der Waals surface area contributed by atoms with E-state index in [4.69, 9.17) is 0 Å². The number of anilines is 1. The van der Waals surface area contributed by atoms with Gasteiger partial charge in [-0.05, 0) is 24.3 Å². The summed E-state index contributed by atoms with van der Waals surface area (Å²) in [5.41, 5.74) is 1.53. The van der Waals surface area contributed by atoms with Gasteiger partial charge in [-0.15, -0.1) is 5.10 Å². The molecule has 1 aromatic carbocycles. The molecule has 3 aromatic rings. The standard InChI is InChI=1S/C14H14N6O/c1-2-12-17-13(19-18-12)14(21)16-10-5-3-6-11(9-10)20-8-4-7-15-20/h3-9H,2H2,1H3,(H,16,21)(H,17,18,19). The summed E-state index contributed by atoms with van der Waals surface area (Å²) in [4.78, 5) is 16.2. The molecule has 106 valence electrons. The van der Waals surface area contributed by atoms with Crippen LogP contribution in [-0.4, -0.2) is 30.9 Å². The van der Waals surface area contributed by atoms with Gasteiger partial charge in [0, 0.05) is 24.5 Å². The number of aromatic amines is 1. The molecule has 2 N–H and O–H groups in total. The van der Waals surface area contributed by atoms with Gasteiger partial charge in [0.1, 0.15) is 5.82 Å². The van der Waals surface area contributed by atoms with E-state index in [2.05, 4.69) is 25.6 Å². The minimum absolute atomic E-state index is 0.136. The minimum atomic E-state index is -0.344. The summed E-state index contributed by atoms with van der Waals surface area (Å²) in [5.74, 6) is 0.477. The quantitative estimate of drug-likeness (QED) is 0.763. The molecule has 0 bridgehead atoms. The Labute approximate surface area is 121 Å². The molecule has 0 fully saturated rings. The highest BCUT2D eigenvalue weighted by Gasteiger charge is 2.12. The number of nitrogens with zero attached hydrogens (tertiary/aromatic N) is 4. The van der Waals surface area contributed by atoms with E-state index in [0.29, 0.717) is 17.9 Å². The van der Waals surface area contributed by atoms with Crippen LogP contribution < -0.4 is 5.32 Å². The van der Waals surface area contributed by atoms with Crippen LogP contribution in [0.2, 0.25) is 0 Å². The third kappa shape index (κ3) is 2.81. The highest BCUT2D eigenvalue weighted by atomic mass is 16.2.